The third kappa shape index (κ3) is 6.95. The van der Waals surface area contributed by atoms with Gasteiger partial charge >= 0.3 is 5.97 Å². The van der Waals surface area contributed by atoms with Crippen molar-refractivity contribution in [3.63, 3.8) is 0 Å². The Kier molecular flexibility index (Phi) is 7.90. The maximum atomic E-state index is 11.8. The van der Waals surface area contributed by atoms with Gasteiger partial charge in [-0.15, -0.1) is 0 Å². The molecule has 5 nitrogen and oxygen atoms in total. The average Bonchev–Trinajstić information content (AvgIpc) is 2.60. The molecule has 1 N–H and O–H groups in total. The van der Waals surface area contributed by atoms with Gasteiger partial charge in [0.15, 0.2) is 0 Å². The Morgan fingerprint density at radius 1 is 1.22 bits per heavy atom. The van der Waals surface area contributed by atoms with Gasteiger partial charge in [-0.1, -0.05) is 46.6 Å². The van der Waals surface area contributed by atoms with Gasteiger partial charge in [-0.2, -0.15) is 0 Å². The van der Waals surface area contributed by atoms with Crippen molar-refractivity contribution in [2.24, 2.45) is 11.3 Å². The van der Waals surface area contributed by atoms with Gasteiger partial charge in [0.25, 0.3) is 0 Å². The van der Waals surface area contributed by atoms with E-state index in [1.807, 2.05) is 0 Å². The lowest BCUT2D eigenvalue weighted by atomic mass is 9.79. The van der Waals surface area contributed by atoms with Crippen molar-refractivity contribution >= 4 is 11.9 Å². The van der Waals surface area contributed by atoms with Crippen LogP contribution in [0.3, 0.4) is 0 Å². The summed E-state index contributed by atoms with van der Waals surface area (Å²) in [5.41, 5.74) is -0.0163. The van der Waals surface area contributed by atoms with Crippen LogP contribution >= 0.6 is 0 Å². The van der Waals surface area contributed by atoms with Crippen LogP contribution in [0.15, 0.2) is 12.7 Å². The van der Waals surface area contributed by atoms with Crippen LogP contribution in [-0.4, -0.2) is 36.2 Å². The molecule has 0 aromatic rings. The Morgan fingerprint density at radius 3 is 2.44 bits per heavy atom. The predicted octanol–water partition coefficient (Wildman–Crippen LogP) is 4.15. The summed E-state index contributed by atoms with van der Waals surface area (Å²) < 4.78 is 12.2. The number of hydrogen-bond acceptors (Lipinski definition) is 4. The van der Waals surface area contributed by atoms with Gasteiger partial charge in [0.1, 0.15) is 6.10 Å². The molecular weight excluding hydrogens is 342 g/mol. The summed E-state index contributed by atoms with van der Waals surface area (Å²) in [5, 5.41) is 3.05. The zero-order valence-corrected chi connectivity index (χ0v) is 17.5. The molecule has 0 spiro atoms. The zero-order chi connectivity index (χ0) is 20.0. The van der Waals surface area contributed by atoms with Crippen LogP contribution in [0.4, 0.5) is 0 Å². The Hall–Kier alpha value is -1.36. The van der Waals surface area contributed by atoms with Crippen molar-refractivity contribution in [1.82, 2.24) is 5.32 Å². The first-order valence-corrected chi connectivity index (χ1v) is 10.4. The van der Waals surface area contributed by atoms with Gasteiger partial charge in [0.05, 0.1) is 12.2 Å². The van der Waals surface area contributed by atoms with Crippen LogP contribution in [0.25, 0.3) is 0 Å². The molecule has 154 valence electrons. The van der Waals surface area contributed by atoms with Crippen LogP contribution in [0, 0.1) is 11.3 Å². The summed E-state index contributed by atoms with van der Waals surface area (Å²) in [7, 11) is 0. The summed E-state index contributed by atoms with van der Waals surface area (Å²) in [4.78, 5) is 23.5. The SMILES string of the molecule is C=CC(=O)N[C@H]1C[C@@H](C[C@@H](OC(C)=O)C2CCCCC2)O[C@@H](C(C)(C)C)C1. The highest BCUT2D eigenvalue weighted by molar-refractivity contribution is 5.87. The third-order valence-corrected chi connectivity index (χ3v) is 5.89. The molecule has 0 radical (unpaired) electrons. The molecule has 4 atom stereocenters. The first kappa shape index (κ1) is 21.9. The first-order chi connectivity index (χ1) is 12.7. The molecule has 5 heteroatoms. The van der Waals surface area contributed by atoms with Crippen molar-refractivity contribution in [2.45, 2.75) is 103 Å². The lowest BCUT2D eigenvalue weighted by molar-refractivity contribution is -0.158. The summed E-state index contributed by atoms with van der Waals surface area (Å²) in [6, 6.07) is 0.0582. The highest BCUT2D eigenvalue weighted by Crippen LogP contribution is 2.36. The van der Waals surface area contributed by atoms with Crippen molar-refractivity contribution in [1.29, 1.82) is 0 Å². The lowest BCUT2D eigenvalue weighted by Gasteiger charge is -2.43. The molecule has 2 aliphatic rings. The molecule has 0 bridgehead atoms. The topological polar surface area (TPSA) is 64.6 Å². The molecule has 2 fully saturated rings. The van der Waals surface area contributed by atoms with Gasteiger partial charge in [0, 0.05) is 19.4 Å². The molecule has 1 aliphatic carbocycles. The minimum Gasteiger partial charge on any atom is -0.462 e. The molecule has 1 amide bonds. The maximum Gasteiger partial charge on any atom is 0.302 e. The van der Waals surface area contributed by atoms with Crippen LogP contribution in [-0.2, 0) is 19.1 Å². The number of amides is 1. The largest absolute Gasteiger partial charge is 0.462 e. The predicted molar refractivity (Wildman–Crippen MR) is 106 cm³/mol. The van der Waals surface area contributed by atoms with Crippen molar-refractivity contribution in [3.8, 4) is 0 Å². The molecule has 0 aromatic carbocycles. The quantitative estimate of drug-likeness (QED) is 0.556. The monoisotopic (exact) mass is 379 g/mol. The molecule has 1 saturated heterocycles. The molecule has 1 heterocycles. The van der Waals surface area contributed by atoms with Gasteiger partial charge in [-0.3, -0.25) is 9.59 Å². The summed E-state index contributed by atoms with van der Waals surface area (Å²) >= 11 is 0. The second-order valence-corrected chi connectivity index (χ2v) is 9.28. The fraction of sp³-hybridized carbons (Fsp3) is 0.818. The van der Waals surface area contributed by atoms with Crippen molar-refractivity contribution in [2.75, 3.05) is 0 Å². The number of hydrogen-bond donors (Lipinski definition) is 1. The number of carbonyl (C=O) groups is 2. The lowest BCUT2D eigenvalue weighted by Crippen LogP contribution is -2.49. The molecule has 1 saturated carbocycles. The van der Waals surface area contributed by atoms with E-state index in [-0.39, 0.29) is 41.6 Å². The molecule has 0 aromatic heterocycles. The Labute approximate surface area is 164 Å². The van der Waals surface area contributed by atoms with Crippen molar-refractivity contribution < 1.29 is 19.1 Å². The van der Waals surface area contributed by atoms with E-state index in [9.17, 15) is 9.59 Å². The standard InChI is InChI=1S/C22H37NO4/c1-6-21(25)23-17-12-18(27-20(13-17)22(3,4)5)14-19(26-15(2)24)16-10-8-7-9-11-16/h6,16-20H,1,7-14H2,2-5H3,(H,23,25)/t17-,18-,19+,20+/m0/s1. The fourth-order valence-electron chi connectivity index (χ4n) is 4.42. The van der Waals surface area contributed by atoms with Crippen LogP contribution in [0.5, 0.6) is 0 Å². The number of esters is 1. The number of carbonyl (C=O) groups excluding carboxylic acids is 2. The summed E-state index contributed by atoms with van der Waals surface area (Å²) in [6.07, 6.45) is 9.41. The molecule has 0 unspecified atom stereocenters. The zero-order valence-electron chi connectivity index (χ0n) is 17.5. The Bertz CT molecular complexity index is 519. The highest BCUT2D eigenvalue weighted by Gasteiger charge is 2.39. The smallest absolute Gasteiger partial charge is 0.302 e. The normalized spacial score (nSPS) is 28.2. The maximum absolute atomic E-state index is 11.8. The van der Waals surface area contributed by atoms with E-state index in [2.05, 4.69) is 32.7 Å². The highest BCUT2D eigenvalue weighted by atomic mass is 16.5. The van der Waals surface area contributed by atoms with Gasteiger partial charge in [-0.05, 0) is 43.1 Å². The Balaban J connectivity index is 2.09. The minimum absolute atomic E-state index is 0.0163. The molecular formula is C22H37NO4. The summed E-state index contributed by atoms with van der Waals surface area (Å²) in [5.74, 6) is 0.0601. The van der Waals surface area contributed by atoms with E-state index in [4.69, 9.17) is 9.47 Å². The third-order valence-electron chi connectivity index (χ3n) is 5.89. The number of nitrogens with one attached hydrogen (secondary N) is 1. The molecule has 27 heavy (non-hydrogen) atoms. The summed E-state index contributed by atoms with van der Waals surface area (Å²) in [6.45, 7) is 11.5. The second kappa shape index (κ2) is 9.72. The van der Waals surface area contributed by atoms with Crippen LogP contribution in [0.2, 0.25) is 0 Å². The van der Waals surface area contributed by atoms with Crippen LogP contribution < -0.4 is 5.32 Å². The Morgan fingerprint density at radius 2 is 1.89 bits per heavy atom. The van der Waals surface area contributed by atoms with E-state index in [1.165, 1.54) is 32.3 Å². The van der Waals surface area contributed by atoms with E-state index in [1.54, 1.807) is 0 Å². The number of rotatable bonds is 6. The van der Waals surface area contributed by atoms with E-state index >= 15 is 0 Å². The minimum atomic E-state index is -0.217. The van der Waals surface area contributed by atoms with Gasteiger partial charge in [-0.25, -0.2) is 0 Å². The van der Waals surface area contributed by atoms with Gasteiger partial charge in [0.2, 0.25) is 5.91 Å². The fourth-order valence-corrected chi connectivity index (χ4v) is 4.42. The van der Waals surface area contributed by atoms with Crippen molar-refractivity contribution in [3.05, 3.63) is 12.7 Å². The molecule has 1 aliphatic heterocycles. The van der Waals surface area contributed by atoms with E-state index < -0.39 is 0 Å². The van der Waals surface area contributed by atoms with Crippen LogP contribution in [0.1, 0.15) is 79.1 Å². The number of ether oxygens (including phenoxy) is 2. The van der Waals surface area contributed by atoms with E-state index in [0.29, 0.717) is 12.3 Å². The average molecular weight is 380 g/mol. The van der Waals surface area contributed by atoms with E-state index in [0.717, 1.165) is 25.7 Å². The second-order valence-electron chi connectivity index (χ2n) is 9.28. The van der Waals surface area contributed by atoms with Gasteiger partial charge < -0.3 is 14.8 Å². The first-order valence-electron chi connectivity index (χ1n) is 10.4. The molecule has 2 rings (SSSR count).